The predicted octanol–water partition coefficient (Wildman–Crippen LogP) is 5.41. The van der Waals surface area contributed by atoms with Crippen LogP contribution in [0.15, 0.2) is 60.7 Å². The van der Waals surface area contributed by atoms with Crippen molar-refractivity contribution in [3.63, 3.8) is 0 Å². The van der Waals surface area contributed by atoms with Gasteiger partial charge in [-0.25, -0.2) is 0 Å². The lowest BCUT2D eigenvalue weighted by Gasteiger charge is -2.27. The van der Waals surface area contributed by atoms with Crippen molar-refractivity contribution in [2.75, 3.05) is 23.3 Å². The number of hydrogen-bond donors (Lipinski definition) is 1. The second-order valence-electron chi connectivity index (χ2n) is 7.43. The largest absolute Gasteiger partial charge is 0.416 e. The third kappa shape index (κ3) is 5.02. The Morgan fingerprint density at radius 2 is 1.65 bits per heavy atom. The fourth-order valence-electron chi connectivity index (χ4n) is 3.54. The number of alkyl halides is 3. The van der Waals surface area contributed by atoms with E-state index in [0.29, 0.717) is 11.4 Å². The van der Waals surface area contributed by atoms with Crippen LogP contribution in [0.3, 0.4) is 0 Å². The minimum atomic E-state index is -4.50. The van der Waals surface area contributed by atoms with Crippen molar-refractivity contribution in [3.8, 4) is 11.3 Å². The molecule has 0 radical (unpaired) electrons. The van der Waals surface area contributed by atoms with Gasteiger partial charge < -0.3 is 10.2 Å². The van der Waals surface area contributed by atoms with E-state index in [2.05, 4.69) is 20.4 Å². The van der Waals surface area contributed by atoms with Crippen molar-refractivity contribution in [3.05, 3.63) is 71.8 Å². The first-order valence-corrected chi connectivity index (χ1v) is 10.1. The Bertz CT molecular complexity index is 1040. The van der Waals surface area contributed by atoms with E-state index in [1.807, 2.05) is 12.1 Å². The molecule has 0 unspecified atom stereocenters. The lowest BCUT2D eigenvalue weighted by atomic mass is 10.1. The zero-order chi connectivity index (χ0) is 21.8. The predicted molar refractivity (Wildman–Crippen MR) is 113 cm³/mol. The number of halogens is 3. The van der Waals surface area contributed by atoms with Crippen LogP contribution in [0.2, 0.25) is 0 Å². The van der Waals surface area contributed by atoms with Gasteiger partial charge in [0.1, 0.15) is 0 Å². The molecular formula is C23H21F3N4O. The number of benzene rings is 2. The molecule has 31 heavy (non-hydrogen) atoms. The number of carbonyl (C=O) groups excluding carboxylic acids is 1. The van der Waals surface area contributed by atoms with Gasteiger partial charge in [0.15, 0.2) is 5.82 Å². The molecule has 4 rings (SSSR count). The molecule has 1 aromatic heterocycles. The number of amides is 1. The summed E-state index contributed by atoms with van der Waals surface area (Å²) in [5.41, 5.74) is 1.09. The van der Waals surface area contributed by atoms with Gasteiger partial charge in [0.25, 0.3) is 5.91 Å². The number of hydrogen-bond acceptors (Lipinski definition) is 4. The van der Waals surface area contributed by atoms with Gasteiger partial charge in [0.05, 0.1) is 11.3 Å². The molecule has 1 amide bonds. The summed E-state index contributed by atoms with van der Waals surface area (Å²) in [5, 5.41) is 11.3. The number of anilines is 2. The molecule has 1 N–H and O–H groups in total. The summed E-state index contributed by atoms with van der Waals surface area (Å²) in [7, 11) is 0. The molecule has 1 saturated heterocycles. The first-order chi connectivity index (χ1) is 14.9. The van der Waals surface area contributed by atoms with Gasteiger partial charge in [-0.05, 0) is 61.7 Å². The molecule has 5 nitrogen and oxygen atoms in total. The molecule has 0 bridgehead atoms. The van der Waals surface area contributed by atoms with Gasteiger partial charge in [0, 0.05) is 29.9 Å². The van der Waals surface area contributed by atoms with Gasteiger partial charge >= 0.3 is 6.18 Å². The van der Waals surface area contributed by atoms with Gasteiger partial charge in [-0.2, -0.15) is 13.2 Å². The molecule has 160 valence electrons. The first-order valence-electron chi connectivity index (χ1n) is 10.1. The Morgan fingerprint density at radius 1 is 0.903 bits per heavy atom. The SMILES string of the molecule is O=C(Nc1ccc(-c2ccc(N3CCCCC3)nn2)cc1)c1cccc(C(F)(F)F)c1. The summed E-state index contributed by atoms with van der Waals surface area (Å²) in [6.45, 7) is 1.99. The van der Waals surface area contributed by atoms with E-state index in [4.69, 9.17) is 0 Å². The summed E-state index contributed by atoms with van der Waals surface area (Å²) >= 11 is 0. The number of rotatable bonds is 4. The smallest absolute Gasteiger partial charge is 0.355 e. The van der Waals surface area contributed by atoms with Crippen LogP contribution >= 0.6 is 0 Å². The second kappa shape index (κ2) is 8.75. The fraction of sp³-hybridized carbons (Fsp3) is 0.261. The highest BCUT2D eigenvalue weighted by Crippen LogP contribution is 2.30. The maximum Gasteiger partial charge on any atom is 0.416 e. The molecule has 2 aromatic carbocycles. The number of piperidine rings is 1. The quantitative estimate of drug-likeness (QED) is 0.607. The fourth-order valence-corrected chi connectivity index (χ4v) is 3.54. The summed E-state index contributed by atoms with van der Waals surface area (Å²) < 4.78 is 38.5. The summed E-state index contributed by atoms with van der Waals surface area (Å²) in [6, 6.07) is 15.1. The Labute approximate surface area is 177 Å². The summed E-state index contributed by atoms with van der Waals surface area (Å²) in [6.07, 6.45) is -0.921. The summed E-state index contributed by atoms with van der Waals surface area (Å²) in [5.74, 6) is 0.262. The molecule has 2 heterocycles. The van der Waals surface area contributed by atoms with Crippen molar-refractivity contribution >= 4 is 17.4 Å². The normalized spacial score (nSPS) is 14.4. The van der Waals surface area contributed by atoms with Crippen LogP contribution in [-0.2, 0) is 6.18 Å². The highest BCUT2D eigenvalue weighted by molar-refractivity contribution is 6.04. The first kappa shape index (κ1) is 20.8. The molecular weight excluding hydrogens is 405 g/mol. The van der Waals surface area contributed by atoms with Gasteiger partial charge in [-0.3, -0.25) is 4.79 Å². The average Bonchev–Trinajstić information content (AvgIpc) is 2.80. The number of nitrogens with one attached hydrogen (secondary N) is 1. The minimum Gasteiger partial charge on any atom is -0.355 e. The highest BCUT2D eigenvalue weighted by Gasteiger charge is 2.30. The van der Waals surface area contributed by atoms with E-state index in [9.17, 15) is 18.0 Å². The number of aromatic nitrogens is 2. The van der Waals surface area contributed by atoms with Crippen LogP contribution in [0.25, 0.3) is 11.3 Å². The van der Waals surface area contributed by atoms with Crippen LogP contribution < -0.4 is 10.2 Å². The topological polar surface area (TPSA) is 58.1 Å². The van der Waals surface area contributed by atoms with E-state index in [1.165, 1.54) is 18.6 Å². The average molecular weight is 426 g/mol. The maximum atomic E-state index is 12.8. The Morgan fingerprint density at radius 3 is 2.29 bits per heavy atom. The Balaban J connectivity index is 1.43. The van der Waals surface area contributed by atoms with Crippen LogP contribution in [0.4, 0.5) is 24.7 Å². The van der Waals surface area contributed by atoms with Crippen molar-refractivity contribution in [2.45, 2.75) is 25.4 Å². The summed E-state index contributed by atoms with van der Waals surface area (Å²) in [4.78, 5) is 14.6. The molecule has 1 aliphatic heterocycles. The Kier molecular flexibility index (Phi) is 5.88. The van der Waals surface area contributed by atoms with Gasteiger partial charge in [0.2, 0.25) is 0 Å². The van der Waals surface area contributed by atoms with E-state index in [-0.39, 0.29) is 5.56 Å². The van der Waals surface area contributed by atoms with Gasteiger partial charge in [-0.15, -0.1) is 10.2 Å². The van der Waals surface area contributed by atoms with E-state index < -0.39 is 17.6 Å². The maximum absolute atomic E-state index is 12.8. The van der Waals surface area contributed by atoms with Crippen LogP contribution in [-0.4, -0.2) is 29.2 Å². The molecule has 0 atom stereocenters. The molecule has 0 spiro atoms. The third-order valence-corrected chi connectivity index (χ3v) is 5.22. The molecule has 0 saturated carbocycles. The monoisotopic (exact) mass is 426 g/mol. The molecule has 1 aliphatic rings. The number of nitrogens with zero attached hydrogens (tertiary/aromatic N) is 3. The van der Waals surface area contributed by atoms with Gasteiger partial charge in [-0.1, -0.05) is 18.2 Å². The molecule has 0 aliphatic carbocycles. The molecule has 3 aromatic rings. The highest BCUT2D eigenvalue weighted by atomic mass is 19.4. The Hall–Kier alpha value is -3.42. The molecule has 1 fully saturated rings. The zero-order valence-electron chi connectivity index (χ0n) is 16.7. The lowest BCUT2D eigenvalue weighted by molar-refractivity contribution is -0.137. The molecule has 8 heteroatoms. The van der Waals surface area contributed by atoms with Crippen molar-refractivity contribution in [1.82, 2.24) is 10.2 Å². The van der Waals surface area contributed by atoms with Crippen molar-refractivity contribution < 1.29 is 18.0 Å². The number of carbonyl (C=O) groups is 1. The van der Waals surface area contributed by atoms with E-state index in [0.717, 1.165) is 49.4 Å². The van der Waals surface area contributed by atoms with Crippen LogP contribution in [0.1, 0.15) is 35.2 Å². The second-order valence-corrected chi connectivity index (χ2v) is 7.43. The van der Waals surface area contributed by atoms with E-state index in [1.54, 1.807) is 24.3 Å². The zero-order valence-corrected chi connectivity index (χ0v) is 16.7. The van der Waals surface area contributed by atoms with Crippen LogP contribution in [0, 0.1) is 0 Å². The van der Waals surface area contributed by atoms with Crippen molar-refractivity contribution in [1.29, 1.82) is 0 Å². The minimum absolute atomic E-state index is 0.0573. The van der Waals surface area contributed by atoms with Crippen molar-refractivity contribution in [2.24, 2.45) is 0 Å². The standard InChI is InChI=1S/C23H21F3N4O/c24-23(25,26)18-6-4-5-17(15-18)22(31)27-19-9-7-16(8-10-19)20-11-12-21(29-28-20)30-13-2-1-3-14-30/h4-12,15H,1-3,13-14H2,(H,27,31). The third-order valence-electron chi connectivity index (χ3n) is 5.22. The van der Waals surface area contributed by atoms with E-state index >= 15 is 0 Å². The lowest BCUT2D eigenvalue weighted by Crippen LogP contribution is -2.30. The van der Waals surface area contributed by atoms with Crippen LogP contribution in [0.5, 0.6) is 0 Å².